The van der Waals surface area contributed by atoms with E-state index in [1.54, 1.807) is 51.5 Å². The minimum Gasteiger partial charge on any atom is -0.346 e. The van der Waals surface area contributed by atoms with Crippen molar-refractivity contribution in [3.8, 4) is 5.69 Å². The van der Waals surface area contributed by atoms with Gasteiger partial charge in [-0.2, -0.15) is 13.2 Å². The van der Waals surface area contributed by atoms with Gasteiger partial charge >= 0.3 is 12.2 Å². The number of rotatable bonds is 5. The average molecular weight is 549 g/mol. The van der Waals surface area contributed by atoms with E-state index in [2.05, 4.69) is 30.6 Å². The van der Waals surface area contributed by atoms with E-state index in [0.29, 0.717) is 33.8 Å². The van der Waals surface area contributed by atoms with Crippen LogP contribution in [-0.4, -0.2) is 43.5 Å². The van der Waals surface area contributed by atoms with E-state index in [4.69, 9.17) is 0 Å². The highest BCUT2D eigenvalue weighted by atomic mass is 19.4. The molecule has 5 aromatic rings. The number of anilines is 3. The Kier molecular flexibility index (Phi) is 6.71. The van der Waals surface area contributed by atoms with Gasteiger partial charge in [0.05, 0.1) is 23.0 Å². The fourth-order valence-corrected chi connectivity index (χ4v) is 4.08. The molecule has 0 aliphatic heterocycles. The van der Waals surface area contributed by atoms with E-state index in [9.17, 15) is 22.8 Å². The molecule has 0 spiro atoms. The summed E-state index contributed by atoms with van der Waals surface area (Å²) in [6.45, 7) is 3.47. The quantitative estimate of drug-likeness (QED) is 0.260. The summed E-state index contributed by atoms with van der Waals surface area (Å²) in [5.74, 6) is -0.363. The second-order valence-electron chi connectivity index (χ2n) is 9.10. The van der Waals surface area contributed by atoms with E-state index in [1.165, 1.54) is 34.3 Å². The topological polar surface area (TPSA) is 121 Å². The predicted molar refractivity (Wildman–Crippen MR) is 144 cm³/mol. The standard InChI is InChI=1S/C27H23F3N8O2/c1-15-4-5-19(11-22(15)36-26(40)37(3)24-21-6-7-31-23(21)32-13-33-24)35-25(39)17-8-18(27(28,29)30)10-20(9-17)38-12-16(2)34-14-38/h4-14H,1-3H3,(H,35,39)(H,36,40)(H,31,32,33). The third kappa shape index (κ3) is 5.34. The highest BCUT2D eigenvalue weighted by molar-refractivity contribution is 6.07. The Balaban J connectivity index is 1.38. The monoisotopic (exact) mass is 548 g/mol. The van der Waals surface area contributed by atoms with Crippen molar-refractivity contribution in [2.45, 2.75) is 20.0 Å². The van der Waals surface area contributed by atoms with Crippen LogP contribution in [0.3, 0.4) is 0 Å². The van der Waals surface area contributed by atoms with Crippen LogP contribution in [0.15, 0.2) is 67.5 Å². The number of aryl methyl sites for hydroxylation is 2. The fraction of sp³-hybridized carbons (Fsp3) is 0.148. The molecule has 0 aliphatic carbocycles. The Morgan fingerprint density at radius 3 is 2.52 bits per heavy atom. The maximum atomic E-state index is 13.6. The number of nitrogens with zero attached hydrogens (tertiary/aromatic N) is 5. The Labute approximate surface area is 225 Å². The van der Waals surface area contributed by atoms with Crippen molar-refractivity contribution in [2.24, 2.45) is 0 Å². The fourth-order valence-electron chi connectivity index (χ4n) is 4.08. The highest BCUT2D eigenvalue weighted by Gasteiger charge is 2.32. The number of H-pyrrole nitrogens is 1. The van der Waals surface area contributed by atoms with Gasteiger partial charge in [0.25, 0.3) is 5.91 Å². The number of alkyl halides is 3. The number of imidazole rings is 1. The first kappa shape index (κ1) is 26.4. The van der Waals surface area contributed by atoms with Crippen LogP contribution >= 0.6 is 0 Å². The number of hydrogen-bond acceptors (Lipinski definition) is 5. The summed E-state index contributed by atoms with van der Waals surface area (Å²) in [6, 6.07) is 9.14. The molecule has 10 nitrogen and oxygen atoms in total. The second kappa shape index (κ2) is 10.2. The number of nitrogens with one attached hydrogen (secondary N) is 3. The van der Waals surface area contributed by atoms with Gasteiger partial charge in [-0.1, -0.05) is 6.07 Å². The molecule has 0 atom stereocenters. The molecule has 0 fully saturated rings. The van der Waals surface area contributed by atoms with Crippen LogP contribution < -0.4 is 15.5 Å². The summed E-state index contributed by atoms with van der Waals surface area (Å²) in [7, 11) is 1.55. The van der Waals surface area contributed by atoms with Crippen LogP contribution in [0.1, 0.15) is 27.2 Å². The second-order valence-corrected chi connectivity index (χ2v) is 9.10. The minimum atomic E-state index is -4.66. The van der Waals surface area contributed by atoms with Gasteiger partial charge in [0, 0.05) is 42.1 Å². The van der Waals surface area contributed by atoms with E-state index in [1.807, 2.05) is 0 Å². The first-order valence-corrected chi connectivity index (χ1v) is 12.0. The molecule has 13 heteroatoms. The molecule has 3 aromatic heterocycles. The molecular formula is C27H23F3N8O2. The number of aromatic amines is 1. The van der Waals surface area contributed by atoms with Crippen molar-refractivity contribution >= 4 is 40.2 Å². The van der Waals surface area contributed by atoms with E-state index in [0.717, 1.165) is 12.1 Å². The molecular weight excluding hydrogens is 525 g/mol. The number of benzene rings is 2. The first-order chi connectivity index (χ1) is 19.0. The summed E-state index contributed by atoms with van der Waals surface area (Å²) >= 11 is 0. The van der Waals surface area contributed by atoms with Crippen LogP contribution in [0.2, 0.25) is 0 Å². The zero-order valence-electron chi connectivity index (χ0n) is 21.5. The normalized spacial score (nSPS) is 11.4. The summed E-state index contributed by atoms with van der Waals surface area (Å²) in [4.78, 5) is 42.8. The van der Waals surface area contributed by atoms with Crippen molar-refractivity contribution in [3.63, 3.8) is 0 Å². The molecule has 0 radical (unpaired) electrons. The maximum absolute atomic E-state index is 13.6. The van der Waals surface area contributed by atoms with Gasteiger partial charge in [-0.25, -0.2) is 19.7 Å². The van der Waals surface area contributed by atoms with Gasteiger partial charge in [0.2, 0.25) is 0 Å². The Morgan fingerprint density at radius 1 is 1.00 bits per heavy atom. The van der Waals surface area contributed by atoms with Crippen LogP contribution in [0.4, 0.5) is 35.2 Å². The largest absolute Gasteiger partial charge is 0.416 e. The van der Waals surface area contributed by atoms with Crippen molar-refractivity contribution < 1.29 is 22.8 Å². The summed E-state index contributed by atoms with van der Waals surface area (Å²) in [5, 5.41) is 6.07. The lowest BCUT2D eigenvalue weighted by molar-refractivity contribution is -0.137. The molecule has 3 heterocycles. The Bertz CT molecular complexity index is 1740. The van der Waals surface area contributed by atoms with Gasteiger partial charge in [-0.05, 0) is 55.8 Å². The van der Waals surface area contributed by atoms with Crippen molar-refractivity contribution in [1.29, 1.82) is 0 Å². The lowest BCUT2D eigenvalue weighted by Gasteiger charge is -2.19. The SMILES string of the molecule is Cc1cn(-c2cc(C(=O)Nc3ccc(C)c(NC(=O)N(C)c4ncnc5[nH]ccc45)c3)cc(C(F)(F)F)c2)cn1. The molecule has 204 valence electrons. The van der Waals surface area contributed by atoms with Crippen LogP contribution in [0, 0.1) is 13.8 Å². The van der Waals surface area contributed by atoms with Crippen molar-refractivity contribution in [3.05, 3.63) is 89.9 Å². The Hall–Kier alpha value is -5.20. The maximum Gasteiger partial charge on any atom is 0.416 e. The number of carbonyl (C=O) groups excluding carboxylic acids is 2. The third-order valence-electron chi connectivity index (χ3n) is 6.21. The van der Waals surface area contributed by atoms with E-state index >= 15 is 0 Å². The highest BCUT2D eigenvalue weighted by Crippen LogP contribution is 2.32. The van der Waals surface area contributed by atoms with Crippen molar-refractivity contribution in [2.75, 3.05) is 22.6 Å². The first-order valence-electron chi connectivity index (χ1n) is 12.0. The smallest absolute Gasteiger partial charge is 0.346 e. The zero-order valence-corrected chi connectivity index (χ0v) is 21.5. The number of hydrogen-bond donors (Lipinski definition) is 3. The average Bonchev–Trinajstić information content (AvgIpc) is 3.58. The summed E-state index contributed by atoms with van der Waals surface area (Å²) in [6.07, 6.45) is 1.30. The molecule has 0 aliphatic rings. The molecule has 2 aromatic carbocycles. The van der Waals surface area contributed by atoms with Gasteiger partial charge in [-0.15, -0.1) is 0 Å². The van der Waals surface area contributed by atoms with Gasteiger partial charge < -0.3 is 20.2 Å². The van der Waals surface area contributed by atoms with E-state index in [-0.39, 0.29) is 16.9 Å². The third-order valence-corrected chi connectivity index (χ3v) is 6.21. The van der Waals surface area contributed by atoms with Gasteiger partial charge in [0.1, 0.15) is 17.8 Å². The van der Waals surface area contributed by atoms with E-state index < -0.39 is 23.7 Å². The molecule has 0 saturated carbocycles. The number of amides is 3. The molecule has 0 unspecified atom stereocenters. The molecule has 3 N–H and O–H groups in total. The molecule has 3 amide bonds. The lowest BCUT2D eigenvalue weighted by atomic mass is 10.1. The van der Waals surface area contributed by atoms with Crippen molar-refractivity contribution in [1.82, 2.24) is 24.5 Å². The number of halogens is 3. The molecule has 0 bridgehead atoms. The van der Waals surface area contributed by atoms with Crippen LogP contribution in [0.25, 0.3) is 16.7 Å². The Morgan fingerprint density at radius 2 is 1.80 bits per heavy atom. The minimum absolute atomic E-state index is 0.140. The predicted octanol–water partition coefficient (Wildman–Crippen LogP) is 5.70. The number of urea groups is 1. The zero-order chi connectivity index (χ0) is 28.6. The molecule has 0 saturated heterocycles. The van der Waals surface area contributed by atoms with Crippen LogP contribution in [-0.2, 0) is 6.18 Å². The number of carbonyl (C=O) groups is 2. The number of aromatic nitrogens is 5. The summed E-state index contributed by atoms with van der Waals surface area (Å²) in [5.41, 5.74) is 1.54. The number of fused-ring (bicyclic) bond motifs is 1. The molecule has 5 rings (SSSR count). The lowest BCUT2D eigenvalue weighted by Crippen LogP contribution is -2.32. The van der Waals surface area contributed by atoms with Gasteiger partial charge in [-0.3, -0.25) is 9.69 Å². The van der Waals surface area contributed by atoms with Gasteiger partial charge in [0.15, 0.2) is 0 Å². The summed E-state index contributed by atoms with van der Waals surface area (Å²) < 4.78 is 42.3. The van der Waals surface area contributed by atoms with Crippen LogP contribution in [0.5, 0.6) is 0 Å². The molecule has 40 heavy (non-hydrogen) atoms.